The molecule has 3 unspecified atom stereocenters. The second kappa shape index (κ2) is 9.12. The number of carbonyl (C=O) groups is 3. The Morgan fingerprint density at radius 2 is 1.91 bits per heavy atom. The summed E-state index contributed by atoms with van der Waals surface area (Å²) in [5.41, 5.74) is 1.76. The largest absolute Gasteiger partial charge is 0.465 e. The van der Waals surface area contributed by atoms with Gasteiger partial charge in [0, 0.05) is 24.0 Å². The van der Waals surface area contributed by atoms with E-state index in [1.165, 1.54) is 12.7 Å². The molecule has 7 nitrogen and oxygen atoms in total. The number of benzene rings is 1. The fraction of sp³-hybridized carbons (Fsp3) is 0.640. The smallest absolute Gasteiger partial charge is 0.410 e. The Balaban J connectivity index is 1.62. The van der Waals surface area contributed by atoms with Crippen LogP contribution in [0.4, 0.5) is 4.79 Å². The van der Waals surface area contributed by atoms with Crippen LogP contribution in [0.1, 0.15) is 75.4 Å². The molecule has 1 heterocycles. The molecule has 1 N–H and O–H groups in total. The highest BCUT2D eigenvalue weighted by atomic mass is 16.6. The van der Waals surface area contributed by atoms with Crippen molar-refractivity contribution in [3.8, 4) is 0 Å². The summed E-state index contributed by atoms with van der Waals surface area (Å²) in [6, 6.07) is 5.60. The zero-order valence-corrected chi connectivity index (χ0v) is 20.1. The van der Waals surface area contributed by atoms with Gasteiger partial charge in [-0.2, -0.15) is 0 Å². The highest BCUT2D eigenvalue weighted by Crippen LogP contribution is 2.36. The van der Waals surface area contributed by atoms with E-state index in [2.05, 4.69) is 5.32 Å². The average molecular weight is 445 g/mol. The Labute approximate surface area is 190 Å². The number of nitrogens with zero attached hydrogens (tertiary/aromatic N) is 1. The topological polar surface area (TPSA) is 84.9 Å². The number of rotatable bonds is 3. The third kappa shape index (κ3) is 5.43. The fourth-order valence-electron chi connectivity index (χ4n) is 4.73. The van der Waals surface area contributed by atoms with Crippen molar-refractivity contribution in [1.82, 2.24) is 10.2 Å². The lowest BCUT2D eigenvalue weighted by Crippen LogP contribution is -2.55. The van der Waals surface area contributed by atoms with Crippen LogP contribution in [0, 0.1) is 5.41 Å². The lowest BCUT2D eigenvalue weighted by Gasteiger charge is -2.43. The van der Waals surface area contributed by atoms with Gasteiger partial charge in [0.15, 0.2) is 0 Å². The van der Waals surface area contributed by atoms with Gasteiger partial charge in [0.1, 0.15) is 5.60 Å². The van der Waals surface area contributed by atoms with E-state index >= 15 is 0 Å². The Kier molecular flexibility index (Phi) is 6.86. The van der Waals surface area contributed by atoms with E-state index < -0.39 is 11.0 Å². The lowest BCUT2D eigenvalue weighted by molar-refractivity contribution is -0.134. The molecule has 1 fully saturated rings. The third-order valence-electron chi connectivity index (χ3n) is 6.55. The molecule has 0 spiro atoms. The van der Waals surface area contributed by atoms with Gasteiger partial charge in [-0.3, -0.25) is 4.79 Å². The first kappa shape index (κ1) is 24.1. The van der Waals surface area contributed by atoms with Crippen LogP contribution >= 0.6 is 0 Å². The van der Waals surface area contributed by atoms with Crippen LogP contribution in [0.15, 0.2) is 18.2 Å². The number of hydrogen-bond acceptors (Lipinski definition) is 5. The predicted molar refractivity (Wildman–Crippen MR) is 121 cm³/mol. The monoisotopic (exact) mass is 444 g/mol. The maximum absolute atomic E-state index is 13.3. The first-order valence-electron chi connectivity index (χ1n) is 11.4. The highest BCUT2D eigenvalue weighted by Gasteiger charge is 2.43. The summed E-state index contributed by atoms with van der Waals surface area (Å²) < 4.78 is 10.3. The zero-order valence-electron chi connectivity index (χ0n) is 20.1. The molecule has 7 heteroatoms. The molecule has 0 radical (unpaired) electrons. The molecule has 1 saturated heterocycles. The van der Waals surface area contributed by atoms with Crippen molar-refractivity contribution >= 4 is 18.0 Å². The minimum Gasteiger partial charge on any atom is -0.465 e. The molecule has 0 bridgehead atoms. The molecular formula is C25H36N2O5. The number of amides is 2. The summed E-state index contributed by atoms with van der Waals surface area (Å²) in [6.45, 7) is 10.0. The van der Waals surface area contributed by atoms with Crippen molar-refractivity contribution in [2.24, 2.45) is 5.41 Å². The molecule has 0 saturated carbocycles. The van der Waals surface area contributed by atoms with Crippen molar-refractivity contribution in [1.29, 1.82) is 0 Å². The quantitative estimate of drug-likeness (QED) is 0.716. The van der Waals surface area contributed by atoms with Crippen LogP contribution in [0.3, 0.4) is 0 Å². The number of likely N-dealkylation sites (tertiary alicyclic amines) is 1. The van der Waals surface area contributed by atoms with Crippen LogP contribution in [0.5, 0.6) is 0 Å². The molecule has 1 aliphatic carbocycles. The molecule has 1 aromatic rings. The van der Waals surface area contributed by atoms with E-state index in [-0.39, 0.29) is 30.1 Å². The Hall–Kier alpha value is -2.57. The molecule has 1 aromatic carbocycles. The lowest BCUT2D eigenvalue weighted by atomic mass is 9.76. The van der Waals surface area contributed by atoms with Crippen LogP contribution in [-0.2, 0) is 27.1 Å². The average Bonchev–Trinajstić information content (AvgIpc) is 2.71. The number of nitrogens with one attached hydrogen (secondary N) is 1. The predicted octanol–water partition coefficient (Wildman–Crippen LogP) is 3.87. The number of fused-ring (bicyclic) bond motifs is 1. The number of esters is 1. The van der Waals surface area contributed by atoms with Crippen molar-refractivity contribution in [2.45, 2.75) is 84.4 Å². The fourth-order valence-corrected chi connectivity index (χ4v) is 4.73. The number of hydrogen-bond donors (Lipinski definition) is 1. The number of carbonyl (C=O) groups excluding carboxylic acids is 3. The Bertz CT molecular complexity index is 891. The second-order valence-electron chi connectivity index (χ2n) is 10.4. The summed E-state index contributed by atoms with van der Waals surface area (Å²) in [4.78, 5) is 39.3. The van der Waals surface area contributed by atoms with Crippen LogP contribution in [-0.4, -0.2) is 54.2 Å². The van der Waals surface area contributed by atoms with Crippen LogP contribution in [0.2, 0.25) is 0 Å². The molecule has 3 atom stereocenters. The summed E-state index contributed by atoms with van der Waals surface area (Å²) in [6.07, 6.45) is 3.29. The Morgan fingerprint density at radius 3 is 2.53 bits per heavy atom. The Morgan fingerprint density at radius 1 is 1.19 bits per heavy atom. The van der Waals surface area contributed by atoms with E-state index in [9.17, 15) is 14.4 Å². The first-order valence-corrected chi connectivity index (χ1v) is 11.4. The molecule has 3 rings (SSSR count). The third-order valence-corrected chi connectivity index (χ3v) is 6.55. The molecule has 2 amide bonds. The maximum Gasteiger partial charge on any atom is 0.410 e. The normalized spacial score (nSPS) is 25.5. The number of piperidine rings is 1. The van der Waals surface area contributed by atoms with Gasteiger partial charge in [0.25, 0.3) is 0 Å². The van der Waals surface area contributed by atoms with E-state index in [4.69, 9.17) is 9.47 Å². The number of aryl methyl sites for hydroxylation is 1. The summed E-state index contributed by atoms with van der Waals surface area (Å²) in [7, 11) is 1.38. The summed E-state index contributed by atoms with van der Waals surface area (Å²) >= 11 is 0. The standard InChI is InChI=1S/C25H36N2O5/c1-16-15-25(5,11-12-27(16)23(30)32-24(2,3)4)22(29)26-20-10-9-17-7-8-18(21(28)31-6)13-19(17)14-20/h7-8,13,16,20H,9-12,14-15H2,1-6H3,(H,26,29). The summed E-state index contributed by atoms with van der Waals surface area (Å²) in [5.74, 6) is -0.317. The summed E-state index contributed by atoms with van der Waals surface area (Å²) in [5, 5.41) is 3.25. The highest BCUT2D eigenvalue weighted by molar-refractivity contribution is 5.89. The van der Waals surface area contributed by atoms with Crippen LogP contribution < -0.4 is 5.32 Å². The van der Waals surface area contributed by atoms with E-state index in [1.54, 1.807) is 11.0 Å². The molecule has 176 valence electrons. The minimum atomic E-state index is -0.542. The van der Waals surface area contributed by atoms with Gasteiger partial charge in [-0.1, -0.05) is 13.0 Å². The van der Waals surface area contributed by atoms with E-state index in [0.717, 1.165) is 18.4 Å². The maximum atomic E-state index is 13.3. The minimum absolute atomic E-state index is 0.0268. The van der Waals surface area contributed by atoms with Crippen molar-refractivity contribution < 1.29 is 23.9 Å². The molecule has 1 aliphatic heterocycles. The SMILES string of the molecule is COC(=O)c1ccc2c(c1)CC(NC(=O)C1(C)CCN(C(=O)OC(C)(C)C)C(C)C1)CC2. The van der Waals surface area contributed by atoms with Crippen LogP contribution in [0.25, 0.3) is 0 Å². The molecule has 32 heavy (non-hydrogen) atoms. The van der Waals surface area contributed by atoms with Gasteiger partial charge in [-0.15, -0.1) is 0 Å². The number of methoxy groups -OCH3 is 1. The van der Waals surface area contributed by atoms with Gasteiger partial charge < -0.3 is 19.7 Å². The van der Waals surface area contributed by atoms with Crippen molar-refractivity contribution in [3.05, 3.63) is 34.9 Å². The zero-order chi connectivity index (χ0) is 23.7. The van der Waals surface area contributed by atoms with Gasteiger partial charge in [-0.25, -0.2) is 9.59 Å². The molecular weight excluding hydrogens is 408 g/mol. The second-order valence-corrected chi connectivity index (χ2v) is 10.4. The van der Waals surface area contributed by atoms with Crippen molar-refractivity contribution in [3.63, 3.8) is 0 Å². The van der Waals surface area contributed by atoms with Gasteiger partial charge in [0.05, 0.1) is 12.7 Å². The first-order chi connectivity index (χ1) is 14.9. The van der Waals surface area contributed by atoms with Gasteiger partial charge >= 0.3 is 12.1 Å². The molecule has 2 aliphatic rings. The van der Waals surface area contributed by atoms with Gasteiger partial charge in [0.2, 0.25) is 5.91 Å². The van der Waals surface area contributed by atoms with E-state index in [1.807, 2.05) is 46.8 Å². The molecule has 0 aromatic heterocycles. The number of ether oxygens (including phenoxy) is 2. The van der Waals surface area contributed by atoms with E-state index in [0.29, 0.717) is 31.4 Å². The van der Waals surface area contributed by atoms with Crippen molar-refractivity contribution in [2.75, 3.05) is 13.7 Å². The van der Waals surface area contributed by atoms with Gasteiger partial charge in [-0.05, 0) is 83.1 Å².